The number of anilines is 1. The van der Waals surface area contributed by atoms with E-state index in [0.29, 0.717) is 0 Å². The Morgan fingerprint density at radius 2 is 1.77 bits per heavy atom. The third-order valence-electron chi connectivity index (χ3n) is 4.82. The zero-order valence-corrected chi connectivity index (χ0v) is 15.8. The van der Waals surface area contributed by atoms with Crippen LogP contribution in [0.3, 0.4) is 0 Å². The smallest absolute Gasteiger partial charge is 0.259 e. The average Bonchev–Trinajstić information content (AvgIpc) is 2.69. The van der Waals surface area contributed by atoms with Gasteiger partial charge < -0.3 is 10.2 Å². The first-order chi connectivity index (χ1) is 12.6. The maximum Gasteiger partial charge on any atom is 0.259 e. The number of hydrogen-bond donors (Lipinski definition) is 2. The summed E-state index contributed by atoms with van der Waals surface area (Å²) in [4.78, 5) is 26.1. The van der Waals surface area contributed by atoms with Gasteiger partial charge in [-0.15, -0.1) is 0 Å². The standard InChI is InChI=1S/C20H30N4O2/c1-3-24(4-2)18-12-10-16(11-13-18)14-22-23-19(25)15-21-20(26)17-8-6-5-7-9-17/h10-14,17H,3-9,15H2,1-2H3,(H,21,26)(H,23,25). The third-order valence-corrected chi connectivity index (χ3v) is 4.82. The number of hydrogen-bond acceptors (Lipinski definition) is 4. The first kappa shape index (κ1) is 19.9. The van der Waals surface area contributed by atoms with E-state index >= 15 is 0 Å². The summed E-state index contributed by atoms with van der Waals surface area (Å²) in [5.41, 5.74) is 4.53. The summed E-state index contributed by atoms with van der Waals surface area (Å²) in [6, 6.07) is 8.02. The van der Waals surface area contributed by atoms with Crippen LogP contribution in [0.15, 0.2) is 29.4 Å². The maximum atomic E-state index is 12.0. The fraction of sp³-hybridized carbons (Fsp3) is 0.550. The lowest BCUT2D eigenvalue weighted by Gasteiger charge is -2.20. The number of hydrazone groups is 1. The SMILES string of the molecule is CCN(CC)c1ccc(C=NNC(=O)CNC(=O)C2CCCCC2)cc1. The molecule has 0 aromatic heterocycles. The fourth-order valence-electron chi connectivity index (χ4n) is 3.25. The number of nitrogens with zero attached hydrogens (tertiary/aromatic N) is 2. The lowest BCUT2D eigenvalue weighted by Crippen LogP contribution is -2.38. The van der Waals surface area contributed by atoms with Crippen molar-refractivity contribution in [2.75, 3.05) is 24.5 Å². The van der Waals surface area contributed by atoms with Crippen molar-refractivity contribution in [1.82, 2.24) is 10.7 Å². The molecule has 26 heavy (non-hydrogen) atoms. The topological polar surface area (TPSA) is 73.8 Å². The number of nitrogens with one attached hydrogen (secondary N) is 2. The van der Waals surface area contributed by atoms with Crippen LogP contribution in [0.5, 0.6) is 0 Å². The molecule has 0 radical (unpaired) electrons. The summed E-state index contributed by atoms with van der Waals surface area (Å²) in [6.07, 6.45) is 6.86. The minimum atomic E-state index is -0.315. The van der Waals surface area contributed by atoms with Crippen molar-refractivity contribution in [2.45, 2.75) is 46.0 Å². The molecule has 0 spiro atoms. The van der Waals surface area contributed by atoms with Crippen molar-refractivity contribution < 1.29 is 9.59 Å². The van der Waals surface area contributed by atoms with Gasteiger partial charge in [0, 0.05) is 24.7 Å². The van der Waals surface area contributed by atoms with Gasteiger partial charge in [-0.05, 0) is 44.4 Å². The van der Waals surface area contributed by atoms with Gasteiger partial charge in [0.15, 0.2) is 0 Å². The lowest BCUT2D eigenvalue weighted by atomic mass is 9.89. The van der Waals surface area contributed by atoms with Gasteiger partial charge in [-0.2, -0.15) is 5.10 Å². The molecule has 0 saturated heterocycles. The summed E-state index contributed by atoms with van der Waals surface area (Å²) in [7, 11) is 0. The van der Waals surface area contributed by atoms with Crippen LogP contribution in [0.1, 0.15) is 51.5 Å². The predicted molar refractivity (Wildman–Crippen MR) is 105 cm³/mol. The van der Waals surface area contributed by atoms with Gasteiger partial charge in [-0.3, -0.25) is 9.59 Å². The zero-order valence-electron chi connectivity index (χ0n) is 15.8. The molecular formula is C20H30N4O2. The van der Waals surface area contributed by atoms with E-state index in [1.54, 1.807) is 6.21 Å². The van der Waals surface area contributed by atoms with E-state index in [4.69, 9.17) is 0 Å². The molecule has 6 nitrogen and oxygen atoms in total. The van der Waals surface area contributed by atoms with Crippen LogP contribution >= 0.6 is 0 Å². The Bertz CT molecular complexity index is 603. The van der Waals surface area contributed by atoms with Crippen molar-refractivity contribution in [2.24, 2.45) is 11.0 Å². The second kappa shape index (κ2) is 10.6. The van der Waals surface area contributed by atoms with E-state index in [0.717, 1.165) is 44.3 Å². The van der Waals surface area contributed by atoms with Crippen LogP contribution in [-0.4, -0.2) is 37.7 Å². The number of carbonyl (C=O) groups is 2. The molecule has 0 atom stereocenters. The van der Waals surface area contributed by atoms with Gasteiger partial charge in [-0.1, -0.05) is 31.4 Å². The van der Waals surface area contributed by atoms with Gasteiger partial charge in [0.05, 0.1) is 12.8 Å². The van der Waals surface area contributed by atoms with Crippen LogP contribution in [-0.2, 0) is 9.59 Å². The quantitative estimate of drug-likeness (QED) is 0.554. The van der Waals surface area contributed by atoms with Crippen LogP contribution in [0, 0.1) is 5.92 Å². The molecule has 0 unspecified atom stereocenters. The van der Waals surface area contributed by atoms with E-state index in [-0.39, 0.29) is 24.3 Å². The van der Waals surface area contributed by atoms with Gasteiger partial charge in [0.2, 0.25) is 5.91 Å². The van der Waals surface area contributed by atoms with E-state index < -0.39 is 0 Å². The van der Waals surface area contributed by atoms with Crippen molar-refractivity contribution in [3.63, 3.8) is 0 Å². The molecule has 1 aromatic rings. The Labute approximate surface area is 156 Å². The lowest BCUT2D eigenvalue weighted by molar-refractivity contribution is -0.129. The monoisotopic (exact) mass is 358 g/mol. The zero-order chi connectivity index (χ0) is 18.8. The molecule has 2 amide bonds. The van der Waals surface area contributed by atoms with E-state index in [2.05, 4.69) is 34.6 Å². The highest BCUT2D eigenvalue weighted by atomic mass is 16.2. The van der Waals surface area contributed by atoms with Gasteiger partial charge >= 0.3 is 0 Å². The van der Waals surface area contributed by atoms with E-state index in [1.807, 2.05) is 24.3 Å². The Morgan fingerprint density at radius 1 is 1.12 bits per heavy atom. The first-order valence-corrected chi connectivity index (χ1v) is 9.58. The highest BCUT2D eigenvalue weighted by Gasteiger charge is 2.21. The van der Waals surface area contributed by atoms with Gasteiger partial charge in [0.25, 0.3) is 5.91 Å². The summed E-state index contributed by atoms with van der Waals surface area (Å²) in [5, 5.41) is 6.66. The normalized spacial score (nSPS) is 15.0. The Kier molecular flexibility index (Phi) is 8.12. The van der Waals surface area contributed by atoms with Crippen LogP contribution in [0.25, 0.3) is 0 Å². The van der Waals surface area contributed by atoms with E-state index in [1.165, 1.54) is 12.1 Å². The number of benzene rings is 1. The van der Waals surface area contributed by atoms with Crippen molar-refractivity contribution in [1.29, 1.82) is 0 Å². The van der Waals surface area contributed by atoms with Crippen LogP contribution in [0.2, 0.25) is 0 Å². The number of carbonyl (C=O) groups excluding carboxylic acids is 2. The highest BCUT2D eigenvalue weighted by Crippen LogP contribution is 2.23. The molecule has 0 aliphatic heterocycles. The molecule has 2 rings (SSSR count). The molecule has 0 bridgehead atoms. The molecule has 0 heterocycles. The summed E-state index contributed by atoms with van der Waals surface area (Å²) in [5.74, 6) is -0.273. The first-order valence-electron chi connectivity index (χ1n) is 9.58. The summed E-state index contributed by atoms with van der Waals surface area (Å²) < 4.78 is 0. The molecule has 1 aliphatic carbocycles. The summed E-state index contributed by atoms with van der Waals surface area (Å²) >= 11 is 0. The largest absolute Gasteiger partial charge is 0.372 e. The Morgan fingerprint density at radius 3 is 2.38 bits per heavy atom. The van der Waals surface area contributed by atoms with Gasteiger partial charge in [-0.25, -0.2) is 5.43 Å². The highest BCUT2D eigenvalue weighted by molar-refractivity contribution is 5.87. The van der Waals surface area contributed by atoms with E-state index in [9.17, 15) is 9.59 Å². The Hall–Kier alpha value is -2.37. The molecule has 1 fully saturated rings. The maximum absolute atomic E-state index is 12.0. The molecule has 6 heteroatoms. The van der Waals surface area contributed by atoms with Crippen molar-refractivity contribution in [3.05, 3.63) is 29.8 Å². The molecule has 142 valence electrons. The fourth-order valence-corrected chi connectivity index (χ4v) is 3.25. The predicted octanol–water partition coefficient (Wildman–Crippen LogP) is 2.68. The molecule has 1 aliphatic rings. The molecule has 1 saturated carbocycles. The van der Waals surface area contributed by atoms with Crippen LogP contribution < -0.4 is 15.6 Å². The molecular weight excluding hydrogens is 328 g/mol. The molecule has 1 aromatic carbocycles. The Balaban J connectivity index is 1.73. The molecule has 2 N–H and O–H groups in total. The average molecular weight is 358 g/mol. The number of amides is 2. The second-order valence-electron chi connectivity index (χ2n) is 6.61. The third kappa shape index (κ3) is 6.17. The van der Waals surface area contributed by atoms with Crippen molar-refractivity contribution >= 4 is 23.7 Å². The minimum Gasteiger partial charge on any atom is -0.372 e. The number of rotatable bonds is 8. The van der Waals surface area contributed by atoms with Crippen LogP contribution in [0.4, 0.5) is 5.69 Å². The minimum absolute atomic E-state index is 0.0178. The summed E-state index contributed by atoms with van der Waals surface area (Å²) in [6.45, 7) is 6.15. The van der Waals surface area contributed by atoms with Crippen molar-refractivity contribution in [3.8, 4) is 0 Å². The second-order valence-corrected chi connectivity index (χ2v) is 6.61. The van der Waals surface area contributed by atoms with Gasteiger partial charge in [0.1, 0.15) is 0 Å².